The molecule has 0 aliphatic carbocycles. The lowest BCUT2D eigenvalue weighted by Gasteiger charge is -2.21. The Morgan fingerprint density at radius 3 is 2.65 bits per heavy atom. The van der Waals surface area contributed by atoms with Gasteiger partial charge in [0.05, 0.1) is 11.4 Å². The van der Waals surface area contributed by atoms with Crippen molar-refractivity contribution in [1.82, 2.24) is 14.7 Å². The zero-order valence-electron chi connectivity index (χ0n) is 11.1. The van der Waals surface area contributed by atoms with E-state index in [0.717, 1.165) is 5.69 Å². The smallest absolute Gasteiger partial charge is 0.244 e. The summed E-state index contributed by atoms with van der Waals surface area (Å²) in [4.78, 5) is 13.6. The molecule has 1 heterocycles. The minimum Gasteiger partial charge on any atom is -0.394 e. The second-order valence-corrected chi connectivity index (χ2v) is 4.19. The summed E-state index contributed by atoms with van der Waals surface area (Å²) >= 11 is 0. The van der Waals surface area contributed by atoms with E-state index in [2.05, 4.69) is 10.4 Å². The number of carbonyl (C=O) groups is 1. The highest BCUT2D eigenvalue weighted by atomic mass is 16.2. The SMILES string of the molecule is CCN(C)C(=O)C(C)Nc1c(N)c(C)nn1C. The Bertz CT molecular complexity index is 412. The number of hydrogen-bond donors (Lipinski definition) is 2. The van der Waals surface area contributed by atoms with E-state index in [4.69, 9.17) is 5.73 Å². The van der Waals surface area contributed by atoms with E-state index in [1.165, 1.54) is 0 Å². The van der Waals surface area contributed by atoms with Gasteiger partial charge < -0.3 is 16.0 Å². The molecule has 1 atom stereocenters. The van der Waals surface area contributed by atoms with Crippen LogP contribution in [0.1, 0.15) is 19.5 Å². The van der Waals surface area contributed by atoms with Gasteiger partial charge in [0.1, 0.15) is 11.9 Å². The molecule has 6 heteroatoms. The summed E-state index contributed by atoms with van der Waals surface area (Å²) in [7, 11) is 3.57. The van der Waals surface area contributed by atoms with Crippen LogP contribution in [0.25, 0.3) is 0 Å². The van der Waals surface area contributed by atoms with Crippen LogP contribution in [0.15, 0.2) is 0 Å². The molecule has 1 rings (SSSR count). The first-order valence-electron chi connectivity index (χ1n) is 5.69. The topological polar surface area (TPSA) is 76.2 Å². The van der Waals surface area contributed by atoms with Gasteiger partial charge in [-0.05, 0) is 20.8 Å². The number of aromatic nitrogens is 2. The number of hydrogen-bond acceptors (Lipinski definition) is 4. The van der Waals surface area contributed by atoms with Crippen LogP contribution in [0, 0.1) is 6.92 Å². The van der Waals surface area contributed by atoms with Crippen molar-refractivity contribution in [3.63, 3.8) is 0 Å². The Kier molecular flexibility index (Phi) is 3.98. The number of nitrogens with two attached hydrogens (primary N) is 1. The molecule has 0 bridgehead atoms. The molecule has 0 aliphatic rings. The zero-order chi connectivity index (χ0) is 13.2. The number of nitrogens with zero attached hydrogens (tertiary/aromatic N) is 3. The van der Waals surface area contributed by atoms with Gasteiger partial charge in [0.25, 0.3) is 0 Å². The number of aryl methyl sites for hydroxylation is 2. The van der Waals surface area contributed by atoms with E-state index in [-0.39, 0.29) is 11.9 Å². The van der Waals surface area contributed by atoms with Gasteiger partial charge in [-0.3, -0.25) is 9.48 Å². The fourth-order valence-electron chi connectivity index (χ4n) is 1.60. The third-order valence-electron chi connectivity index (χ3n) is 2.84. The third kappa shape index (κ3) is 2.69. The quantitative estimate of drug-likeness (QED) is 0.806. The number of rotatable bonds is 4. The van der Waals surface area contributed by atoms with E-state index < -0.39 is 0 Å². The van der Waals surface area contributed by atoms with Crippen molar-refractivity contribution >= 4 is 17.4 Å². The highest BCUT2D eigenvalue weighted by Gasteiger charge is 2.19. The lowest BCUT2D eigenvalue weighted by atomic mass is 10.2. The van der Waals surface area contributed by atoms with Crippen molar-refractivity contribution < 1.29 is 4.79 Å². The predicted molar refractivity (Wildman–Crippen MR) is 68.8 cm³/mol. The molecular weight excluding hydrogens is 218 g/mol. The Morgan fingerprint density at radius 1 is 1.65 bits per heavy atom. The highest BCUT2D eigenvalue weighted by Crippen LogP contribution is 2.21. The van der Waals surface area contributed by atoms with Crippen molar-refractivity contribution in [2.24, 2.45) is 7.05 Å². The number of likely N-dealkylation sites (N-methyl/N-ethyl adjacent to an activating group) is 1. The van der Waals surface area contributed by atoms with Crippen LogP contribution in [-0.2, 0) is 11.8 Å². The zero-order valence-corrected chi connectivity index (χ0v) is 11.1. The van der Waals surface area contributed by atoms with Gasteiger partial charge in [-0.1, -0.05) is 0 Å². The lowest BCUT2D eigenvalue weighted by molar-refractivity contribution is -0.130. The summed E-state index contributed by atoms with van der Waals surface area (Å²) in [5, 5.41) is 7.29. The van der Waals surface area contributed by atoms with Crippen LogP contribution in [0.2, 0.25) is 0 Å². The van der Waals surface area contributed by atoms with E-state index >= 15 is 0 Å². The number of amides is 1. The average molecular weight is 239 g/mol. The fourth-order valence-corrected chi connectivity index (χ4v) is 1.60. The molecule has 0 saturated carbocycles. The first-order chi connectivity index (χ1) is 7.88. The van der Waals surface area contributed by atoms with E-state index in [1.807, 2.05) is 20.8 Å². The van der Waals surface area contributed by atoms with Gasteiger partial charge in [0.2, 0.25) is 5.91 Å². The summed E-state index contributed by atoms with van der Waals surface area (Å²) in [6.45, 7) is 6.28. The summed E-state index contributed by atoms with van der Waals surface area (Å²) in [6.07, 6.45) is 0. The van der Waals surface area contributed by atoms with Gasteiger partial charge in [0.15, 0.2) is 0 Å². The summed E-state index contributed by atoms with van der Waals surface area (Å²) in [5.74, 6) is 0.721. The maximum atomic E-state index is 11.9. The van der Waals surface area contributed by atoms with Crippen molar-refractivity contribution in [2.45, 2.75) is 26.8 Å². The molecule has 0 radical (unpaired) electrons. The van der Waals surface area contributed by atoms with Crippen LogP contribution in [0.4, 0.5) is 11.5 Å². The second kappa shape index (κ2) is 5.07. The first-order valence-corrected chi connectivity index (χ1v) is 5.69. The Hall–Kier alpha value is -1.72. The van der Waals surface area contributed by atoms with E-state index in [9.17, 15) is 4.79 Å². The number of anilines is 2. The van der Waals surface area contributed by atoms with E-state index in [0.29, 0.717) is 18.1 Å². The molecule has 0 fully saturated rings. The summed E-state index contributed by atoms with van der Waals surface area (Å²) in [6, 6.07) is -0.322. The molecule has 17 heavy (non-hydrogen) atoms. The van der Waals surface area contributed by atoms with Crippen molar-refractivity contribution in [3.8, 4) is 0 Å². The summed E-state index contributed by atoms with van der Waals surface area (Å²) in [5.41, 5.74) is 7.24. The van der Waals surface area contributed by atoms with Crippen LogP contribution >= 0.6 is 0 Å². The predicted octanol–water partition coefficient (Wildman–Crippen LogP) is 0.589. The minimum absolute atomic E-state index is 0.0331. The van der Waals surface area contributed by atoms with Gasteiger partial charge >= 0.3 is 0 Å². The second-order valence-electron chi connectivity index (χ2n) is 4.19. The number of nitrogens with one attached hydrogen (secondary N) is 1. The Balaban J connectivity index is 2.81. The van der Waals surface area contributed by atoms with E-state index in [1.54, 1.807) is 23.7 Å². The molecule has 1 aromatic heterocycles. The number of carbonyl (C=O) groups excluding carboxylic acids is 1. The molecule has 1 aromatic rings. The van der Waals surface area contributed by atoms with Crippen LogP contribution < -0.4 is 11.1 Å². The van der Waals surface area contributed by atoms with Crippen LogP contribution in [0.3, 0.4) is 0 Å². The van der Waals surface area contributed by atoms with Crippen molar-refractivity contribution in [2.75, 3.05) is 24.6 Å². The van der Waals surface area contributed by atoms with Gasteiger partial charge in [-0.15, -0.1) is 0 Å². The first kappa shape index (κ1) is 13.3. The lowest BCUT2D eigenvalue weighted by Crippen LogP contribution is -2.39. The normalized spacial score (nSPS) is 12.3. The highest BCUT2D eigenvalue weighted by molar-refractivity contribution is 5.85. The number of nitrogen functional groups attached to an aromatic ring is 1. The Labute approximate surface area is 102 Å². The fraction of sp³-hybridized carbons (Fsp3) is 0.636. The van der Waals surface area contributed by atoms with Crippen LogP contribution in [-0.4, -0.2) is 40.2 Å². The minimum atomic E-state index is -0.322. The molecule has 1 unspecified atom stereocenters. The molecule has 1 amide bonds. The van der Waals surface area contributed by atoms with Crippen molar-refractivity contribution in [1.29, 1.82) is 0 Å². The van der Waals surface area contributed by atoms with Crippen LogP contribution in [0.5, 0.6) is 0 Å². The van der Waals surface area contributed by atoms with Gasteiger partial charge in [0, 0.05) is 20.6 Å². The molecule has 0 aliphatic heterocycles. The maximum Gasteiger partial charge on any atom is 0.244 e. The molecular formula is C11H21N5O. The maximum absolute atomic E-state index is 11.9. The third-order valence-corrected chi connectivity index (χ3v) is 2.84. The van der Waals surface area contributed by atoms with Gasteiger partial charge in [-0.25, -0.2) is 0 Å². The van der Waals surface area contributed by atoms with Crippen molar-refractivity contribution in [3.05, 3.63) is 5.69 Å². The molecule has 3 N–H and O–H groups in total. The molecule has 6 nitrogen and oxygen atoms in total. The molecule has 0 saturated heterocycles. The Morgan fingerprint density at radius 2 is 2.24 bits per heavy atom. The standard InChI is InChI=1S/C11H21N5O/c1-6-15(4)11(17)8(3)13-10-9(12)7(2)14-16(10)5/h8,13H,6,12H2,1-5H3. The molecule has 0 aromatic carbocycles. The monoisotopic (exact) mass is 239 g/mol. The van der Waals surface area contributed by atoms with Gasteiger partial charge in [-0.2, -0.15) is 5.10 Å². The largest absolute Gasteiger partial charge is 0.394 e. The molecule has 0 spiro atoms. The molecule has 96 valence electrons. The average Bonchev–Trinajstić information content (AvgIpc) is 2.53. The summed E-state index contributed by atoms with van der Waals surface area (Å²) < 4.78 is 1.65.